The van der Waals surface area contributed by atoms with E-state index >= 15 is 0 Å². The van der Waals surface area contributed by atoms with Crippen molar-refractivity contribution in [2.24, 2.45) is 0 Å². The van der Waals surface area contributed by atoms with Gasteiger partial charge in [0.1, 0.15) is 0 Å². The normalized spacial score (nSPS) is 18.8. The number of anilines is 1. The molecule has 4 nitrogen and oxygen atoms in total. The molecule has 0 radical (unpaired) electrons. The molecule has 1 heterocycles. The summed E-state index contributed by atoms with van der Waals surface area (Å²) in [5.41, 5.74) is -0.176. The second-order valence-electron chi connectivity index (χ2n) is 4.14. The van der Waals surface area contributed by atoms with Gasteiger partial charge in [-0.1, -0.05) is 0 Å². The van der Waals surface area contributed by atoms with E-state index in [1.807, 2.05) is 0 Å². The van der Waals surface area contributed by atoms with E-state index < -0.39 is 17.6 Å². The van der Waals surface area contributed by atoms with Crippen molar-refractivity contribution in [1.82, 2.24) is 0 Å². The molecular weight excluding hydrogens is 276 g/mol. The van der Waals surface area contributed by atoms with E-state index in [4.69, 9.17) is 0 Å². The summed E-state index contributed by atoms with van der Waals surface area (Å²) in [5.74, 6) is -3.42. The molecule has 0 aromatic heterocycles. The molecular formula is C12H11F2NO3S. The van der Waals surface area contributed by atoms with Crippen molar-refractivity contribution in [2.45, 2.75) is 11.7 Å². The fourth-order valence-electron chi connectivity index (χ4n) is 1.95. The molecule has 2 rings (SSSR count). The van der Waals surface area contributed by atoms with Crippen LogP contribution in [0, 0.1) is 11.6 Å². The van der Waals surface area contributed by atoms with Crippen LogP contribution in [-0.2, 0) is 9.53 Å². The first-order chi connectivity index (χ1) is 8.93. The van der Waals surface area contributed by atoms with Gasteiger partial charge in [0.15, 0.2) is 11.6 Å². The van der Waals surface area contributed by atoms with Crippen LogP contribution >= 0.6 is 12.6 Å². The van der Waals surface area contributed by atoms with Gasteiger partial charge < -0.3 is 9.64 Å². The first kappa shape index (κ1) is 13.8. The number of amides is 1. The molecule has 19 heavy (non-hydrogen) atoms. The molecule has 7 heteroatoms. The Morgan fingerprint density at radius 2 is 2.05 bits per heavy atom. The van der Waals surface area contributed by atoms with E-state index in [1.165, 1.54) is 4.90 Å². The standard InChI is InChI=1S/C12H11F2NO3S/c1-18-12(17)7-3-8(13)9(14)4-10(7)15-5-6(19)2-11(15)16/h3-4,6,19H,2,5H2,1H3. The molecule has 1 aliphatic heterocycles. The molecule has 102 valence electrons. The van der Waals surface area contributed by atoms with Crippen LogP contribution in [0.15, 0.2) is 12.1 Å². The summed E-state index contributed by atoms with van der Waals surface area (Å²) >= 11 is 4.17. The lowest BCUT2D eigenvalue weighted by Gasteiger charge is -2.19. The molecule has 1 aromatic carbocycles. The zero-order valence-corrected chi connectivity index (χ0v) is 10.9. The van der Waals surface area contributed by atoms with Gasteiger partial charge in [-0.15, -0.1) is 0 Å². The van der Waals surface area contributed by atoms with Crippen molar-refractivity contribution in [3.63, 3.8) is 0 Å². The fraction of sp³-hybridized carbons (Fsp3) is 0.333. The lowest BCUT2D eigenvalue weighted by atomic mass is 10.1. The zero-order chi connectivity index (χ0) is 14.2. The summed E-state index contributed by atoms with van der Waals surface area (Å²) < 4.78 is 31.0. The smallest absolute Gasteiger partial charge is 0.340 e. The predicted octanol–water partition coefficient (Wildman–Crippen LogP) is 1.79. The Labute approximate surface area is 113 Å². The number of halogens is 2. The minimum absolute atomic E-state index is 0.00676. The number of hydrogen-bond acceptors (Lipinski definition) is 4. The summed E-state index contributed by atoms with van der Waals surface area (Å²) in [6.45, 7) is 0.233. The van der Waals surface area contributed by atoms with Gasteiger partial charge in [-0.25, -0.2) is 13.6 Å². The number of hydrogen-bond donors (Lipinski definition) is 1. The Kier molecular flexibility index (Phi) is 3.75. The molecule has 0 saturated carbocycles. The number of carbonyl (C=O) groups is 2. The lowest BCUT2D eigenvalue weighted by Crippen LogP contribution is -2.27. The van der Waals surface area contributed by atoms with Gasteiger partial charge in [-0.2, -0.15) is 12.6 Å². The molecule has 0 spiro atoms. The van der Waals surface area contributed by atoms with Gasteiger partial charge in [0.05, 0.1) is 18.4 Å². The minimum atomic E-state index is -1.17. The molecule has 0 N–H and O–H groups in total. The summed E-state index contributed by atoms with van der Waals surface area (Å²) in [4.78, 5) is 24.5. The van der Waals surface area contributed by atoms with Gasteiger partial charge in [-0.05, 0) is 6.07 Å². The summed E-state index contributed by atoms with van der Waals surface area (Å²) in [6.07, 6.45) is 0.183. The second-order valence-corrected chi connectivity index (χ2v) is 4.87. The number of ether oxygens (including phenoxy) is 1. The van der Waals surface area contributed by atoms with Crippen molar-refractivity contribution < 1.29 is 23.1 Å². The van der Waals surface area contributed by atoms with Gasteiger partial charge in [0.25, 0.3) is 0 Å². The fourth-order valence-corrected chi connectivity index (χ4v) is 2.27. The van der Waals surface area contributed by atoms with E-state index in [9.17, 15) is 18.4 Å². The molecule has 1 aliphatic rings. The maximum Gasteiger partial charge on any atom is 0.340 e. The Morgan fingerprint density at radius 1 is 1.42 bits per heavy atom. The Morgan fingerprint density at radius 3 is 2.58 bits per heavy atom. The monoisotopic (exact) mass is 287 g/mol. The maximum absolute atomic E-state index is 13.3. The van der Waals surface area contributed by atoms with E-state index in [0.29, 0.717) is 0 Å². The summed E-state index contributed by atoms with van der Waals surface area (Å²) in [6, 6.07) is 1.56. The molecule has 1 amide bonds. The van der Waals surface area contributed by atoms with Crippen molar-refractivity contribution in [3.05, 3.63) is 29.3 Å². The van der Waals surface area contributed by atoms with Crippen LogP contribution < -0.4 is 4.90 Å². The lowest BCUT2D eigenvalue weighted by molar-refractivity contribution is -0.117. The number of nitrogens with zero attached hydrogens (tertiary/aromatic N) is 1. The molecule has 1 unspecified atom stereocenters. The van der Waals surface area contributed by atoms with E-state index in [-0.39, 0.29) is 35.4 Å². The van der Waals surface area contributed by atoms with Crippen molar-refractivity contribution in [3.8, 4) is 0 Å². The first-order valence-electron chi connectivity index (χ1n) is 5.49. The molecule has 0 aliphatic carbocycles. The third-order valence-electron chi connectivity index (χ3n) is 2.84. The molecule has 1 saturated heterocycles. The number of benzene rings is 1. The Bertz CT molecular complexity index is 550. The highest BCUT2D eigenvalue weighted by Gasteiger charge is 2.32. The van der Waals surface area contributed by atoms with Crippen LogP contribution in [0.5, 0.6) is 0 Å². The van der Waals surface area contributed by atoms with E-state index in [1.54, 1.807) is 0 Å². The summed E-state index contributed by atoms with van der Waals surface area (Å²) in [7, 11) is 1.13. The first-order valence-corrected chi connectivity index (χ1v) is 6.01. The average molecular weight is 287 g/mol. The van der Waals surface area contributed by atoms with Crippen molar-refractivity contribution in [2.75, 3.05) is 18.6 Å². The van der Waals surface area contributed by atoms with Gasteiger partial charge in [0.2, 0.25) is 5.91 Å². The van der Waals surface area contributed by atoms with Crippen LogP contribution in [-0.4, -0.2) is 30.8 Å². The largest absolute Gasteiger partial charge is 0.465 e. The van der Waals surface area contributed by atoms with Crippen molar-refractivity contribution in [1.29, 1.82) is 0 Å². The van der Waals surface area contributed by atoms with Crippen LogP contribution in [0.3, 0.4) is 0 Å². The maximum atomic E-state index is 13.3. The van der Waals surface area contributed by atoms with Crippen LogP contribution in [0.1, 0.15) is 16.8 Å². The third-order valence-corrected chi connectivity index (χ3v) is 3.19. The van der Waals surface area contributed by atoms with Crippen LogP contribution in [0.25, 0.3) is 0 Å². The second kappa shape index (κ2) is 5.16. The minimum Gasteiger partial charge on any atom is -0.465 e. The Balaban J connectivity index is 2.52. The predicted molar refractivity (Wildman–Crippen MR) is 67.4 cm³/mol. The summed E-state index contributed by atoms with van der Waals surface area (Å²) in [5, 5.41) is -0.203. The number of carbonyl (C=O) groups excluding carboxylic acids is 2. The van der Waals surface area contributed by atoms with Gasteiger partial charge >= 0.3 is 5.97 Å². The zero-order valence-electron chi connectivity index (χ0n) is 10.0. The quantitative estimate of drug-likeness (QED) is 0.666. The highest BCUT2D eigenvalue weighted by molar-refractivity contribution is 7.81. The molecule has 1 fully saturated rings. The van der Waals surface area contributed by atoms with E-state index in [2.05, 4.69) is 17.4 Å². The molecule has 0 bridgehead atoms. The topological polar surface area (TPSA) is 46.6 Å². The highest BCUT2D eigenvalue weighted by Crippen LogP contribution is 2.29. The molecule has 1 atom stereocenters. The number of esters is 1. The van der Waals surface area contributed by atoms with Crippen LogP contribution in [0.2, 0.25) is 0 Å². The molecule has 1 aromatic rings. The highest BCUT2D eigenvalue weighted by atomic mass is 32.1. The Hall–Kier alpha value is -1.63. The van der Waals surface area contributed by atoms with E-state index in [0.717, 1.165) is 19.2 Å². The van der Waals surface area contributed by atoms with Crippen LogP contribution in [0.4, 0.5) is 14.5 Å². The van der Waals surface area contributed by atoms with Crippen molar-refractivity contribution >= 4 is 30.2 Å². The van der Waals surface area contributed by atoms with Gasteiger partial charge in [0, 0.05) is 24.3 Å². The average Bonchev–Trinajstić information content (AvgIpc) is 2.70. The number of methoxy groups -OCH3 is 1. The SMILES string of the molecule is COC(=O)c1cc(F)c(F)cc1N1CC(S)CC1=O. The number of thiol groups is 1. The van der Waals surface area contributed by atoms with Gasteiger partial charge in [-0.3, -0.25) is 4.79 Å². The number of rotatable bonds is 2. The third kappa shape index (κ3) is 2.56.